The predicted octanol–water partition coefficient (Wildman–Crippen LogP) is 2.86. The number of rotatable bonds is 4. The van der Waals surface area contributed by atoms with Crippen molar-refractivity contribution in [3.05, 3.63) is 65.5 Å². The number of hydrogen-bond acceptors (Lipinski definition) is 4. The summed E-state index contributed by atoms with van der Waals surface area (Å²) in [6, 6.07) is 13.0. The molecule has 1 atom stereocenters. The van der Waals surface area contributed by atoms with E-state index in [4.69, 9.17) is 4.74 Å². The molecule has 2 heterocycles. The number of carbonyl (C=O) groups is 2. The number of nitrogens with zero attached hydrogens (tertiary/aromatic N) is 2. The van der Waals surface area contributed by atoms with Crippen molar-refractivity contribution in [3.8, 4) is 0 Å². The van der Waals surface area contributed by atoms with Crippen molar-refractivity contribution in [2.24, 2.45) is 0 Å². The first-order chi connectivity index (χ1) is 13.1. The minimum atomic E-state index is -1.07. The number of ether oxygens (including phenoxy) is 1. The number of para-hydroxylation sites is 1. The zero-order chi connectivity index (χ0) is 19.0. The summed E-state index contributed by atoms with van der Waals surface area (Å²) in [4.78, 5) is 28.9. The van der Waals surface area contributed by atoms with Crippen molar-refractivity contribution in [2.75, 3.05) is 37.5 Å². The van der Waals surface area contributed by atoms with Gasteiger partial charge in [0, 0.05) is 37.1 Å². The molecular weight excluding hydrogens is 367 g/mol. The summed E-state index contributed by atoms with van der Waals surface area (Å²) in [5.74, 6) is -0.133. The number of fused-ring (bicyclic) bond motifs is 2. The van der Waals surface area contributed by atoms with Gasteiger partial charge >= 0.3 is 0 Å². The van der Waals surface area contributed by atoms with Crippen LogP contribution < -0.4 is 4.90 Å². The molecule has 2 aromatic rings. The van der Waals surface area contributed by atoms with Crippen LogP contribution in [0, 0.1) is 5.82 Å². The minimum Gasteiger partial charge on any atom is -0.383 e. The lowest BCUT2D eigenvalue weighted by atomic mass is 10.0. The van der Waals surface area contributed by atoms with Crippen LogP contribution in [0.2, 0.25) is 0 Å². The molecule has 0 saturated carbocycles. The second kappa shape index (κ2) is 6.98. The molecule has 0 aliphatic carbocycles. The Balaban J connectivity index is 1.77. The average Bonchev–Trinajstić information content (AvgIpc) is 3.23. The summed E-state index contributed by atoms with van der Waals surface area (Å²) >= 11 is 1.47. The van der Waals surface area contributed by atoms with Crippen molar-refractivity contribution >= 4 is 29.3 Å². The van der Waals surface area contributed by atoms with Crippen LogP contribution in [0.4, 0.5) is 10.1 Å². The zero-order valence-corrected chi connectivity index (χ0v) is 15.7. The lowest BCUT2D eigenvalue weighted by molar-refractivity contribution is -0.123. The van der Waals surface area contributed by atoms with Gasteiger partial charge in [0.2, 0.25) is 0 Å². The molecule has 0 radical (unpaired) electrons. The third-order valence-corrected chi connectivity index (χ3v) is 6.38. The highest BCUT2D eigenvalue weighted by molar-refractivity contribution is 8.01. The maximum absolute atomic E-state index is 13.5. The first kappa shape index (κ1) is 18.0. The molecule has 140 valence electrons. The molecule has 1 unspecified atom stereocenters. The summed E-state index contributed by atoms with van der Waals surface area (Å²) in [5, 5.41) is 0. The van der Waals surface area contributed by atoms with E-state index in [1.165, 1.54) is 36.0 Å². The van der Waals surface area contributed by atoms with Crippen LogP contribution in [-0.4, -0.2) is 49.3 Å². The molecule has 0 N–H and O–H groups in total. The van der Waals surface area contributed by atoms with E-state index in [0.29, 0.717) is 31.0 Å². The molecule has 0 bridgehead atoms. The Kier molecular flexibility index (Phi) is 4.65. The Morgan fingerprint density at radius 3 is 2.70 bits per heavy atom. The van der Waals surface area contributed by atoms with E-state index in [-0.39, 0.29) is 11.8 Å². The quantitative estimate of drug-likeness (QED) is 0.811. The summed E-state index contributed by atoms with van der Waals surface area (Å²) in [7, 11) is 1.59. The Bertz CT molecular complexity index is 889. The molecule has 1 spiro atoms. The first-order valence-electron chi connectivity index (χ1n) is 8.71. The van der Waals surface area contributed by atoms with Gasteiger partial charge in [0.1, 0.15) is 5.82 Å². The Morgan fingerprint density at radius 1 is 1.22 bits per heavy atom. The van der Waals surface area contributed by atoms with Gasteiger partial charge in [-0.15, -0.1) is 11.8 Å². The molecule has 7 heteroatoms. The van der Waals surface area contributed by atoms with Gasteiger partial charge in [-0.2, -0.15) is 0 Å². The van der Waals surface area contributed by atoms with Gasteiger partial charge in [-0.3, -0.25) is 9.59 Å². The van der Waals surface area contributed by atoms with Crippen molar-refractivity contribution in [3.63, 3.8) is 0 Å². The number of thioether (sulfide) groups is 1. The van der Waals surface area contributed by atoms with Crippen LogP contribution in [0.1, 0.15) is 15.9 Å². The Morgan fingerprint density at radius 2 is 1.96 bits per heavy atom. The van der Waals surface area contributed by atoms with Crippen molar-refractivity contribution in [1.82, 2.24) is 4.90 Å². The monoisotopic (exact) mass is 386 g/mol. The summed E-state index contributed by atoms with van der Waals surface area (Å²) in [5.41, 5.74) is 2.01. The number of hydrogen-bond donors (Lipinski definition) is 0. The summed E-state index contributed by atoms with van der Waals surface area (Å²) in [6.45, 7) is 1.29. The van der Waals surface area contributed by atoms with E-state index in [1.807, 2.05) is 24.3 Å². The smallest absolute Gasteiger partial charge is 0.268 e. The Labute approximate surface area is 161 Å². The summed E-state index contributed by atoms with van der Waals surface area (Å²) in [6.07, 6.45) is 0. The maximum Gasteiger partial charge on any atom is 0.268 e. The van der Waals surface area contributed by atoms with Crippen molar-refractivity contribution < 1.29 is 18.7 Å². The SMILES string of the molecule is COCCN1C(=O)C2(SCCN2C(=O)c2ccc(F)cc2)c2ccccc21. The van der Waals surface area contributed by atoms with E-state index < -0.39 is 10.7 Å². The topological polar surface area (TPSA) is 49.9 Å². The molecular formula is C20H19FN2O3S. The largest absolute Gasteiger partial charge is 0.383 e. The molecule has 0 aromatic heterocycles. The number of amides is 2. The van der Waals surface area contributed by atoms with Crippen LogP contribution >= 0.6 is 11.8 Å². The molecule has 2 aliphatic rings. The van der Waals surface area contributed by atoms with Crippen LogP contribution in [-0.2, 0) is 14.4 Å². The van der Waals surface area contributed by atoms with Crippen LogP contribution in [0.25, 0.3) is 0 Å². The predicted molar refractivity (Wildman–Crippen MR) is 102 cm³/mol. The molecule has 1 saturated heterocycles. The van der Waals surface area contributed by atoms with Crippen LogP contribution in [0.15, 0.2) is 48.5 Å². The normalized spacial score (nSPS) is 21.2. The van der Waals surface area contributed by atoms with E-state index in [1.54, 1.807) is 16.9 Å². The molecule has 4 rings (SSSR count). The van der Waals surface area contributed by atoms with Gasteiger partial charge in [-0.25, -0.2) is 4.39 Å². The van der Waals surface area contributed by atoms with Gasteiger partial charge in [0.25, 0.3) is 11.8 Å². The van der Waals surface area contributed by atoms with Gasteiger partial charge in [0.15, 0.2) is 4.87 Å². The van der Waals surface area contributed by atoms with Crippen LogP contribution in [0.3, 0.4) is 0 Å². The van der Waals surface area contributed by atoms with E-state index in [9.17, 15) is 14.0 Å². The fraction of sp³-hybridized carbons (Fsp3) is 0.300. The number of anilines is 1. The molecule has 5 nitrogen and oxygen atoms in total. The summed E-state index contributed by atoms with van der Waals surface area (Å²) < 4.78 is 18.4. The highest BCUT2D eigenvalue weighted by Crippen LogP contribution is 2.54. The lowest BCUT2D eigenvalue weighted by Gasteiger charge is -2.33. The van der Waals surface area contributed by atoms with Crippen LogP contribution in [0.5, 0.6) is 0 Å². The second-order valence-corrected chi connectivity index (χ2v) is 7.71. The van der Waals surface area contributed by atoms with E-state index in [0.717, 1.165) is 11.3 Å². The number of halogens is 1. The lowest BCUT2D eigenvalue weighted by Crippen LogP contribution is -2.50. The van der Waals surface area contributed by atoms with Crippen molar-refractivity contribution in [2.45, 2.75) is 4.87 Å². The standard InChI is InChI=1S/C20H19FN2O3S/c1-26-12-10-22-17-5-3-2-4-16(17)20(19(22)25)23(11-13-27-20)18(24)14-6-8-15(21)9-7-14/h2-9H,10-13H2,1H3. The maximum atomic E-state index is 13.5. The van der Waals surface area contributed by atoms with Gasteiger partial charge in [-0.1, -0.05) is 18.2 Å². The third kappa shape index (κ3) is 2.73. The molecule has 27 heavy (non-hydrogen) atoms. The van der Waals surface area contributed by atoms with Gasteiger partial charge < -0.3 is 14.5 Å². The Hall–Kier alpha value is -2.38. The van der Waals surface area contributed by atoms with E-state index >= 15 is 0 Å². The van der Waals surface area contributed by atoms with E-state index in [2.05, 4.69) is 0 Å². The fourth-order valence-electron chi connectivity index (χ4n) is 3.72. The number of benzene rings is 2. The third-order valence-electron chi connectivity index (χ3n) is 4.96. The highest BCUT2D eigenvalue weighted by Gasteiger charge is 2.59. The number of carbonyl (C=O) groups excluding carboxylic acids is 2. The first-order valence-corrected chi connectivity index (χ1v) is 9.70. The minimum absolute atomic E-state index is 0.126. The number of methoxy groups -OCH3 is 1. The molecule has 1 fully saturated rings. The molecule has 2 aromatic carbocycles. The van der Waals surface area contributed by atoms with Gasteiger partial charge in [-0.05, 0) is 30.3 Å². The zero-order valence-electron chi connectivity index (χ0n) is 14.9. The molecule has 2 aliphatic heterocycles. The highest BCUT2D eigenvalue weighted by atomic mass is 32.2. The second-order valence-electron chi connectivity index (χ2n) is 6.42. The fourth-order valence-corrected chi connectivity index (χ4v) is 5.18. The molecule has 2 amide bonds. The van der Waals surface area contributed by atoms with Crippen molar-refractivity contribution in [1.29, 1.82) is 0 Å². The average molecular weight is 386 g/mol. The van der Waals surface area contributed by atoms with Gasteiger partial charge in [0.05, 0.1) is 12.3 Å².